The summed E-state index contributed by atoms with van der Waals surface area (Å²) < 4.78 is 68.3. The summed E-state index contributed by atoms with van der Waals surface area (Å²) in [7, 11) is -9.90. The number of unbranched alkanes of at least 4 members (excludes halogenated alkanes) is 40. The first kappa shape index (κ1) is 89.1. The van der Waals surface area contributed by atoms with Gasteiger partial charge in [-0.15, -0.1) is 0 Å². The Morgan fingerprint density at radius 3 is 0.835 bits per heavy atom. The molecule has 0 aromatic rings. The van der Waals surface area contributed by atoms with Gasteiger partial charge < -0.3 is 33.8 Å². The molecule has 0 aromatic carbocycles. The highest BCUT2D eigenvalue weighted by atomic mass is 31.2. The van der Waals surface area contributed by atoms with Crippen LogP contribution in [0.15, 0.2) is 0 Å². The van der Waals surface area contributed by atoms with E-state index in [0.717, 1.165) is 115 Å². The molecule has 3 N–H and O–H groups in total. The Morgan fingerprint density at radius 1 is 0.319 bits per heavy atom. The van der Waals surface area contributed by atoms with Crippen molar-refractivity contribution in [3.63, 3.8) is 0 Å². The minimum Gasteiger partial charge on any atom is -0.462 e. The van der Waals surface area contributed by atoms with Crippen molar-refractivity contribution < 1.29 is 80.2 Å². The van der Waals surface area contributed by atoms with Gasteiger partial charge in [-0.2, -0.15) is 0 Å². The standard InChI is InChI=1S/C72H140O17P2/c1-7-10-12-14-16-17-18-19-20-21-24-27-30-37-43-49-55-70(75)83-61-68(88-71(76)56-50-44-38-31-28-25-22-23-26-29-35-40-46-52-64(4)5)63-87-91(80,81)85-59-66(73)58-84-90(78,79)86-62-67(60-82-69(74)54-48-42-34-15-13-11-8-2)89-72(77)57-51-45-39-33-32-36-41-47-53-65(6)9-3/h64-68,73H,7-63H2,1-6H3,(H,78,79)(H,80,81)/t65?,66-,67+,68+/m0/s1. The summed E-state index contributed by atoms with van der Waals surface area (Å²) in [6.07, 6.45) is 50.0. The van der Waals surface area contributed by atoms with Crippen LogP contribution in [0.2, 0.25) is 0 Å². The van der Waals surface area contributed by atoms with Crippen LogP contribution in [0.3, 0.4) is 0 Å². The quantitative estimate of drug-likeness (QED) is 0.0222. The Kier molecular flexibility index (Phi) is 62.7. The zero-order valence-corrected chi connectivity index (χ0v) is 60.9. The van der Waals surface area contributed by atoms with Crippen LogP contribution in [0.5, 0.6) is 0 Å². The number of hydrogen-bond donors (Lipinski definition) is 3. The molecule has 0 fully saturated rings. The van der Waals surface area contributed by atoms with Crippen LogP contribution in [0.25, 0.3) is 0 Å². The first-order chi connectivity index (χ1) is 43.9. The van der Waals surface area contributed by atoms with Gasteiger partial charge in [-0.25, -0.2) is 9.13 Å². The highest BCUT2D eigenvalue weighted by Crippen LogP contribution is 2.45. The Labute approximate surface area is 556 Å². The summed E-state index contributed by atoms with van der Waals surface area (Å²) in [6, 6.07) is 0. The van der Waals surface area contributed by atoms with Gasteiger partial charge in [-0.3, -0.25) is 37.3 Å². The van der Waals surface area contributed by atoms with Gasteiger partial charge in [-0.1, -0.05) is 318 Å². The monoisotopic (exact) mass is 1340 g/mol. The highest BCUT2D eigenvalue weighted by Gasteiger charge is 2.30. The first-order valence-electron chi connectivity index (χ1n) is 37.5. The Balaban J connectivity index is 5.21. The Hall–Kier alpha value is -1.94. The van der Waals surface area contributed by atoms with Crippen molar-refractivity contribution in [2.45, 2.75) is 387 Å². The molecule has 0 aromatic heterocycles. The van der Waals surface area contributed by atoms with E-state index in [4.69, 9.17) is 37.0 Å². The minimum absolute atomic E-state index is 0.105. The van der Waals surface area contributed by atoms with Gasteiger partial charge in [0.05, 0.1) is 26.4 Å². The molecule has 0 aliphatic carbocycles. The number of esters is 4. The second-order valence-corrected chi connectivity index (χ2v) is 29.6. The molecule has 0 bridgehead atoms. The molecule has 0 radical (unpaired) electrons. The number of hydrogen-bond acceptors (Lipinski definition) is 15. The van der Waals surface area contributed by atoms with Crippen molar-refractivity contribution in [3.05, 3.63) is 0 Å². The maximum absolute atomic E-state index is 13.0. The highest BCUT2D eigenvalue weighted by molar-refractivity contribution is 7.47. The average Bonchev–Trinajstić information content (AvgIpc) is 3.72. The molecule has 3 unspecified atom stereocenters. The smallest absolute Gasteiger partial charge is 0.462 e. The zero-order chi connectivity index (χ0) is 67.2. The molecule has 91 heavy (non-hydrogen) atoms. The first-order valence-corrected chi connectivity index (χ1v) is 40.5. The molecular weight excluding hydrogens is 1200 g/mol. The van der Waals surface area contributed by atoms with Crippen molar-refractivity contribution >= 4 is 39.5 Å². The molecule has 0 aliphatic rings. The number of ether oxygens (including phenoxy) is 4. The van der Waals surface area contributed by atoms with Crippen molar-refractivity contribution in [1.82, 2.24) is 0 Å². The van der Waals surface area contributed by atoms with E-state index in [1.807, 2.05) is 0 Å². The van der Waals surface area contributed by atoms with Gasteiger partial charge in [0.1, 0.15) is 19.3 Å². The van der Waals surface area contributed by atoms with Gasteiger partial charge in [0.2, 0.25) is 0 Å². The van der Waals surface area contributed by atoms with Gasteiger partial charge in [0.15, 0.2) is 12.2 Å². The van der Waals surface area contributed by atoms with Crippen LogP contribution in [-0.4, -0.2) is 96.7 Å². The van der Waals surface area contributed by atoms with Crippen LogP contribution in [-0.2, 0) is 65.4 Å². The van der Waals surface area contributed by atoms with Crippen molar-refractivity contribution in [1.29, 1.82) is 0 Å². The van der Waals surface area contributed by atoms with E-state index in [0.29, 0.717) is 25.7 Å². The van der Waals surface area contributed by atoms with Gasteiger partial charge in [0, 0.05) is 25.7 Å². The molecule has 0 saturated heterocycles. The molecule has 0 aliphatic heterocycles. The number of aliphatic hydroxyl groups excluding tert-OH is 1. The molecule has 0 amide bonds. The molecule has 17 nitrogen and oxygen atoms in total. The van der Waals surface area contributed by atoms with Crippen LogP contribution in [0, 0.1) is 11.8 Å². The predicted molar refractivity (Wildman–Crippen MR) is 368 cm³/mol. The molecule has 6 atom stereocenters. The van der Waals surface area contributed by atoms with Crippen molar-refractivity contribution in [3.8, 4) is 0 Å². The van der Waals surface area contributed by atoms with E-state index in [1.54, 1.807) is 0 Å². The predicted octanol–water partition coefficient (Wildman–Crippen LogP) is 20.8. The normalized spacial score (nSPS) is 14.4. The molecule has 540 valence electrons. The van der Waals surface area contributed by atoms with E-state index in [-0.39, 0.29) is 25.7 Å². The largest absolute Gasteiger partial charge is 0.472 e. The lowest BCUT2D eigenvalue weighted by Gasteiger charge is -2.21. The Morgan fingerprint density at radius 2 is 0.560 bits per heavy atom. The maximum atomic E-state index is 13.0. The molecule has 0 heterocycles. The van der Waals surface area contributed by atoms with Crippen LogP contribution in [0.1, 0.15) is 369 Å². The number of carbonyl (C=O) groups excluding carboxylic acids is 4. The number of carbonyl (C=O) groups is 4. The fraction of sp³-hybridized carbons (Fsp3) is 0.944. The number of phosphoric acid groups is 2. The second-order valence-electron chi connectivity index (χ2n) is 26.7. The van der Waals surface area contributed by atoms with Gasteiger partial charge in [0.25, 0.3) is 0 Å². The third-order valence-corrected chi connectivity index (χ3v) is 19.0. The topological polar surface area (TPSA) is 237 Å². The van der Waals surface area contributed by atoms with E-state index in [2.05, 4.69) is 41.5 Å². The average molecular weight is 1340 g/mol. The molecular formula is C72H140O17P2. The van der Waals surface area contributed by atoms with E-state index >= 15 is 0 Å². The van der Waals surface area contributed by atoms with Gasteiger partial charge >= 0.3 is 39.5 Å². The van der Waals surface area contributed by atoms with E-state index in [9.17, 15) is 43.2 Å². The summed E-state index contributed by atoms with van der Waals surface area (Å²) in [5.41, 5.74) is 0. The third-order valence-electron chi connectivity index (χ3n) is 17.1. The lowest BCUT2D eigenvalue weighted by atomic mass is 9.99. The fourth-order valence-corrected chi connectivity index (χ4v) is 12.5. The van der Waals surface area contributed by atoms with Crippen molar-refractivity contribution in [2.24, 2.45) is 11.8 Å². The SMILES string of the molecule is CCCCCCCCCCCCCCCCCCC(=O)OC[C@H](COP(=O)(O)OC[C@@H](O)COP(=O)(O)OC[C@@H](COC(=O)CCCCCCCCC)OC(=O)CCCCCCCCCCC(C)CC)OC(=O)CCCCCCCCCCCCCCCC(C)C. The Bertz CT molecular complexity index is 1770. The number of aliphatic hydroxyl groups is 1. The van der Waals surface area contributed by atoms with E-state index in [1.165, 1.54) is 173 Å². The second kappa shape index (κ2) is 64.1. The minimum atomic E-state index is -4.95. The van der Waals surface area contributed by atoms with Crippen LogP contribution < -0.4 is 0 Å². The summed E-state index contributed by atoms with van der Waals surface area (Å²) in [5, 5.41) is 10.6. The fourth-order valence-electron chi connectivity index (χ4n) is 10.9. The zero-order valence-electron chi connectivity index (χ0n) is 59.1. The molecule has 0 saturated carbocycles. The lowest BCUT2D eigenvalue weighted by Crippen LogP contribution is -2.30. The summed E-state index contributed by atoms with van der Waals surface area (Å²) in [4.78, 5) is 72.5. The number of phosphoric ester groups is 2. The van der Waals surface area contributed by atoms with E-state index < -0.39 is 97.5 Å². The third kappa shape index (κ3) is 65.1. The lowest BCUT2D eigenvalue weighted by molar-refractivity contribution is -0.161. The summed E-state index contributed by atoms with van der Waals surface area (Å²) >= 11 is 0. The summed E-state index contributed by atoms with van der Waals surface area (Å²) in [5.74, 6) is -0.570. The van der Waals surface area contributed by atoms with Crippen LogP contribution in [0.4, 0.5) is 0 Å². The molecule has 19 heteroatoms. The van der Waals surface area contributed by atoms with Gasteiger partial charge in [-0.05, 0) is 37.5 Å². The maximum Gasteiger partial charge on any atom is 0.472 e. The number of rotatable bonds is 71. The molecule has 0 rings (SSSR count). The molecule has 0 spiro atoms. The van der Waals surface area contributed by atoms with Crippen molar-refractivity contribution in [2.75, 3.05) is 39.6 Å². The van der Waals surface area contributed by atoms with Crippen LogP contribution >= 0.6 is 15.6 Å². The summed E-state index contributed by atoms with van der Waals surface area (Å²) in [6.45, 7) is 9.54.